The molecular weight excluding hydrogens is 398 g/mol. The van der Waals surface area contributed by atoms with E-state index in [-0.39, 0.29) is 12.0 Å². The number of hydrogen-bond acceptors (Lipinski definition) is 4. The number of aliphatic hydroxyl groups excluding tert-OH is 1. The summed E-state index contributed by atoms with van der Waals surface area (Å²) in [5, 5.41) is 13.4. The van der Waals surface area contributed by atoms with Gasteiger partial charge in [0.05, 0.1) is 6.10 Å². The number of benzene rings is 3. The second-order valence-electron chi connectivity index (χ2n) is 8.63. The zero-order valence-electron chi connectivity index (χ0n) is 18.4. The average Bonchev–Trinajstić information content (AvgIpc) is 2.83. The molecule has 1 aliphatic rings. The molecule has 1 aliphatic heterocycles. The topological polar surface area (TPSA) is 78.6 Å². The van der Waals surface area contributed by atoms with Crippen LogP contribution in [0.1, 0.15) is 47.4 Å². The van der Waals surface area contributed by atoms with Gasteiger partial charge in [-0.2, -0.15) is 0 Å². The van der Waals surface area contributed by atoms with Crippen LogP contribution in [0.25, 0.3) is 0 Å². The molecule has 1 fully saturated rings. The van der Waals surface area contributed by atoms with Crippen molar-refractivity contribution in [2.45, 2.75) is 38.5 Å². The molecule has 1 heterocycles. The lowest BCUT2D eigenvalue weighted by atomic mass is 9.84. The van der Waals surface area contributed by atoms with Crippen molar-refractivity contribution in [2.75, 3.05) is 17.2 Å². The summed E-state index contributed by atoms with van der Waals surface area (Å²) >= 11 is 0. The third-order valence-corrected chi connectivity index (χ3v) is 6.49. The Bertz CT molecular complexity index is 1020. The zero-order valence-corrected chi connectivity index (χ0v) is 18.4. The predicted octanol–water partition coefficient (Wildman–Crippen LogP) is 4.54. The Kier molecular flexibility index (Phi) is 6.76. The lowest BCUT2D eigenvalue weighted by Crippen LogP contribution is -2.54. The molecule has 0 saturated carbocycles. The van der Waals surface area contributed by atoms with E-state index in [2.05, 4.69) is 41.4 Å². The summed E-state index contributed by atoms with van der Waals surface area (Å²) in [5.74, 6) is 0.484. The first kappa shape index (κ1) is 21.9. The molecule has 0 bridgehead atoms. The molecule has 0 radical (unpaired) electrons. The first-order valence-electron chi connectivity index (χ1n) is 11.2. The Morgan fingerprint density at radius 2 is 1.75 bits per heavy atom. The lowest BCUT2D eigenvalue weighted by Gasteiger charge is -2.48. The van der Waals surface area contributed by atoms with Crippen LogP contribution >= 0.6 is 0 Å². The van der Waals surface area contributed by atoms with Crippen molar-refractivity contribution in [1.29, 1.82) is 0 Å². The summed E-state index contributed by atoms with van der Waals surface area (Å²) in [6.45, 7) is 3.75. The highest BCUT2D eigenvalue weighted by molar-refractivity contribution is 5.94. The number of carbonyl (C=O) groups excluding carboxylic acids is 1. The van der Waals surface area contributed by atoms with E-state index < -0.39 is 0 Å². The van der Waals surface area contributed by atoms with E-state index in [1.807, 2.05) is 30.3 Å². The normalized spacial score (nSPS) is 18.6. The van der Waals surface area contributed by atoms with Gasteiger partial charge in [0, 0.05) is 36.1 Å². The fraction of sp³-hybridized carbons (Fsp3) is 0.296. The minimum Gasteiger partial charge on any atom is -0.399 e. The molecule has 3 aromatic rings. The van der Waals surface area contributed by atoms with Crippen molar-refractivity contribution in [3.05, 3.63) is 95.6 Å². The maximum absolute atomic E-state index is 12.3. The van der Waals surface area contributed by atoms with E-state index in [0.29, 0.717) is 29.8 Å². The van der Waals surface area contributed by atoms with Gasteiger partial charge >= 0.3 is 0 Å². The fourth-order valence-electron chi connectivity index (χ4n) is 4.30. The molecule has 166 valence electrons. The van der Waals surface area contributed by atoms with Gasteiger partial charge in [-0.25, -0.2) is 0 Å². The van der Waals surface area contributed by atoms with Crippen LogP contribution in [0, 0.1) is 5.92 Å². The molecule has 4 N–H and O–H groups in total. The molecule has 1 saturated heterocycles. The standard InChI is InChI=1S/C27H31N3O2/c1-19-23(11-16-26(31)21-5-3-2-4-6-21)18-30(19)25-14-7-20(8-15-25)17-29-27(32)22-9-12-24(28)13-10-22/h2-10,12-15,19,23,26,31H,11,16-18,28H2,1H3,(H,29,32). The molecule has 4 rings (SSSR count). The summed E-state index contributed by atoms with van der Waals surface area (Å²) in [7, 11) is 0. The van der Waals surface area contributed by atoms with Crippen molar-refractivity contribution in [1.82, 2.24) is 5.32 Å². The highest BCUT2D eigenvalue weighted by atomic mass is 16.3. The Morgan fingerprint density at radius 1 is 1.06 bits per heavy atom. The number of aliphatic hydroxyl groups is 1. The summed E-state index contributed by atoms with van der Waals surface area (Å²) in [6, 6.07) is 25.6. The van der Waals surface area contributed by atoms with Gasteiger partial charge in [0.25, 0.3) is 5.91 Å². The van der Waals surface area contributed by atoms with Crippen LogP contribution in [0.5, 0.6) is 0 Å². The molecule has 3 aromatic carbocycles. The second kappa shape index (κ2) is 9.88. The highest BCUT2D eigenvalue weighted by Gasteiger charge is 2.35. The minimum atomic E-state index is -0.389. The van der Waals surface area contributed by atoms with Crippen molar-refractivity contribution >= 4 is 17.3 Å². The number of nitrogens with one attached hydrogen (secondary N) is 1. The third-order valence-electron chi connectivity index (χ3n) is 6.49. The molecule has 5 nitrogen and oxygen atoms in total. The molecule has 0 aliphatic carbocycles. The van der Waals surface area contributed by atoms with Gasteiger partial charge in [0.15, 0.2) is 0 Å². The predicted molar refractivity (Wildman–Crippen MR) is 129 cm³/mol. The lowest BCUT2D eigenvalue weighted by molar-refractivity contribution is 0.0951. The molecule has 3 unspecified atom stereocenters. The Labute approximate surface area is 189 Å². The third kappa shape index (κ3) is 5.11. The number of nitrogen functional groups attached to an aromatic ring is 1. The van der Waals surface area contributed by atoms with Crippen LogP contribution in [-0.4, -0.2) is 23.6 Å². The molecule has 0 spiro atoms. The van der Waals surface area contributed by atoms with E-state index in [1.165, 1.54) is 5.69 Å². The Balaban J connectivity index is 1.24. The zero-order chi connectivity index (χ0) is 22.5. The van der Waals surface area contributed by atoms with Gasteiger partial charge in [-0.05, 0) is 73.2 Å². The van der Waals surface area contributed by atoms with E-state index >= 15 is 0 Å². The summed E-state index contributed by atoms with van der Waals surface area (Å²) < 4.78 is 0. The number of nitrogens with two attached hydrogens (primary N) is 1. The van der Waals surface area contributed by atoms with Gasteiger partial charge in [0.1, 0.15) is 0 Å². The number of amides is 1. The molecular formula is C27H31N3O2. The number of hydrogen-bond donors (Lipinski definition) is 3. The van der Waals surface area contributed by atoms with Gasteiger partial charge < -0.3 is 21.1 Å². The molecule has 1 amide bonds. The van der Waals surface area contributed by atoms with Crippen LogP contribution in [0.3, 0.4) is 0 Å². The SMILES string of the molecule is CC1C(CCC(O)c2ccccc2)CN1c1ccc(CNC(=O)c2ccc(N)cc2)cc1. The number of rotatable bonds is 8. The van der Waals surface area contributed by atoms with Crippen molar-refractivity contribution in [3.8, 4) is 0 Å². The molecule has 3 atom stereocenters. The smallest absolute Gasteiger partial charge is 0.251 e. The number of carbonyl (C=O) groups is 1. The fourth-order valence-corrected chi connectivity index (χ4v) is 4.30. The monoisotopic (exact) mass is 429 g/mol. The maximum atomic E-state index is 12.3. The average molecular weight is 430 g/mol. The first-order chi connectivity index (χ1) is 15.5. The Hall–Kier alpha value is -3.31. The summed E-state index contributed by atoms with van der Waals surface area (Å²) in [6.07, 6.45) is 1.42. The molecule has 32 heavy (non-hydrogen) atoms. The van der Waals surface area contributed by atoms with E-state index in [1.54, 1.807) is 24.3 Å². The second-order valence-corrected chi connectivity index (χ2v) is 8.63. The van der Waals surface area contributed by atoms with Crippen molar-refractivity contribution in [3.63, 3.8) is 0 Å². The maximum Gasteiger partial charge on any atom is 0.251 e. The quantitative estimate of drug-likeness (QED) is 0.460. The van der Waals surface area contributed by atoms with Crippen LogP contribution < -0.4 is 16.0 Å². The Morgan fingerprint density at radius 3 is 2.41 bits per heavy atom. The number of nitrogens with zero attached hydrogens (tertiary/aromatic N) is 1. The van der Waals surface area contributed by atoms with Gasteiger partial charge in [-0.15, -0.1) is 0 Å². The van der Waals surface area contributed by atoms with Gasteiger partial charge in [0.2, 0.25) is 0 Å². The van der Waals surface area contributed by atoms with E-state index in [0.717, 1.165) is 30.5 Å². The first-order valence-corrected chi connectivity index (χ1v) is 11.2. The van der Waals surface area contributed by atoms with Crippen LogP contribution in [0.2, 0.25) is 0 Å². The van der Waals surface area contributed by atoms with Crippen molar-refractivity contribution in [2.24, 2.45) is 5.92 Å². The van der Waals surface area contributed by atoms with Crippen LogP contribution in [0.15, 0.2) is 78.9 Å². The minimum absolute atomic E-state index is 0.106. The van der Waals surface area contributed by atoms with Gasteiger partial charge in [-0.3, -0.25) is 4.79 Å². The largest absolute Gasteiger partial charge is 0.399 e. The number of anilines is 2. The van der Waals surface area contributed by atoms with E-state index in [4.69, 9.17) is 5.73 Å². The van der Waals surface area contributed by atoms with Crippen LogP contribution in [-0.2, 0) is 6.54 Å². The van der Waals surface area contributed by atoms with Gasteiger partial charge in [-0.1, -0.05) is 42.5 Å². The van der Waals surface area contributed by atoms with Crippen LogP contribution in [0.4, 0.5) is 11.4 Å². The summed E-state index contributed by atoms with van der Waals surface area (Å²) in [5.41, 5.74) is 10.2. The highest BCUT2D eigenvalue weighted by Crippen LogP contribution is 2.35. The van der Waals surface area contributed by atoms with Crippen molar-refractivity contribution < 1.29 is 9.90 Å². The molecule has 5 heteroatoms. The molecule has 0 aromatic heterocycles. The van der Waals surface area contributed by atoms with E-state index in [9.17, 15) is 9.90 Å². The summed E-state index contributed by atoms with van der Waals surface area (Å²) in [4.78, 5) is 14.7.